The molecule has 0 aromatic heterocycles. The van der Waals surface area contributed by atoms with Gasteiger partial charge < -0.3 is 14.9 Å². The van der Waals surface area contributed by atoms with E-state index in [0.29, 0.717) is 24.0 Å². The highest BCUT2D eigenvalue weighted by atomic mass is 16.5. The first-order chi connectivity index (χ1) is 10.5. The molecule has 116 valence electrons. The molecule has 0 bridgehead atoms. The Kier molecular flexibility index (Phi) is 5.17. The first-order valence-electron chi connectivity index (χ1n) is 7.19. The quantitative estimate of drug-likeness (QED) is 0.630. The molecule has 0 radical (unpaired) electrons. The molecule has 2 rings (SSSR count). The summed E-state index contributed by atoms with van der Waals surface area (Å²) in [5, 5.41) is 19.9. The molecule has 4 heteroatoms. The molecule has 0 spiro atoms. The van der Waals surface area contributed by atoms with Crippen molar-refractivity contribution in [3.05, 3.63) is 58.7 Å². The van der Waals surface area contributed by atoms with Gasteiger partial charge in [-0.15, -0.1) is 0 Å². The van der Waals surface area contributed by atoms with Crippen molar-refractivity contribution in [1.82, 2.24) is 0 Å². The summed E-state index contributed by atoms with van der Waals surface area (Å²) in [5.41, 5.74) is 2.28. The van der Waals surface area contributed by atoms with E-state index >= 15 is 0 Å². The normalized spacial score (nSPS) is 10.9. The molecule has 0 atom stereocenters. The number of aldehydes is 1. The second kappa shape index (κ2) is 7.09. The lowest BCUT2D eigenvalue weighted by atomic mass is 9.95. The van der Waals surface area contributed by atoms with Crippen LogP contribution in [0.25, 0.3) is 0 Å². The van der Waals surface area contributed by atoms with Crippen molar-refractivity contribution in [2.24, 2.45) is 0 Å². The van der Waals surface area contributed by atoms with Gasteiger partial charge in [-0.1, -0.05) is 44.2 Å². The van der Waals surface area contributed by atoms with E-state index < -0.39 is 0 Å². The third-order valence-corrected chi connectivity index (χ3v) is 3.54. The van der Waals surface area contributed by atoms with Crippen molar-refractivity contribution < 1.29 is 19.7 Å². The zero-order valence-electron chi connectivity index (χ0n) is 12.7. The Morgan fingerprint density at radius 2 is 1.77 bits per heavy atom. The van der Waals surface area contributed by atoms with E-state index in [2.05, 4.69) is 0 Å². The molecule has 0 aliphatic rings. The molecule has 0 aliphatic heterocycles. The van der Waals surface area contributed by atoms with Crippen LogP contribution in [0.2, 0.25) is 0 Å². The summed E-state index contributed by atoms with van der Waals surface area (Å²) in [6, 6.07) is 11.4. The predicted molar refractivity (Wildman–Crippen MR) is 84.2 cm³/mol. The fraction of sp³-hybridized carbons (Fsp3) is 0.278. The maximum atomic E-state index is 11.2. The number of phenols is 2. The van der Waals surface area contributed by atoms with Gasteiger partial charge in [0.2, 0.25) is 0 Å². The molecule has 0 saturated carbocycles. The number of carbonyl (C=O) groups is 1. The summed E-state index contributed by atoms with van der Waals surface area (Å²) in [4.78, 5) is 11.2. The van der Waals surface area contributed by atoms with Gasteiger partial charge >= 0.3 is 0 Å². The lowest BCUT2D eigenvalue weighted by Crippen LogP contribution is -2.02. The van der Waals surface area contributed by atoms with E-state index in [1.807, 2.05) is 44.2 Å². The summed E-state index contributed by atoms with van der Waals surface area (Å²) >= 11 is 0. The van der Waals surface area contributed by atoms with Crippen LogP contribution in [0.5, 0.6) is 11.5 Å². The van der Waals surface area contributed by atoms with Crippen LogP contribution >= 0.6 is 0 Å². The van der Waals surface area contributed by atoms with E-state index in [1.165, 1.54) is 0 Å². The molecule has 0 saturated heterocycles. The molecular formula is C18H20O4. The third kappa shape index (κ3) is 3.46. The fourth-order valence-corrected chi connectivity index (χ4v) is 2.29. The number of hydrogen-bond donors (Lipinski definition) is 2. The minimum Gasteiger partial charge on any atom is -0.504 e. The van der Waals surface area contributed by atoms with Crippen LogP contribution in [-0.2, 0) is 18.0 Å². The fourth-order valence-electron chi connectivity index (χ4n) is 2.29. The first kappa shape index (κ1) is 16.0. The average Bonchev–Trinajstić information content (AvgIpc) is 2.51. The van der Waals surface area contributed by atoms with Gasteiger partial charge in [-0.2, -0.15) is 0 Å². The zero-order chi connectivity index (χ0) is 16.1. The van der Waals surface area contributed by atoms with Gasteiger partial charge in [0.05, 0.1) is 18.8 Å². The second-order valence-electron chi connectivity index (χ2n) is 5.49. The first-order valence-corrected chi connectivity index (χ1v) is 7.19. The lowest BCUT2D eigenvalue weighted by molar-refractivity contribution is 0.103. The van der Waals surface area contributed by atoms with Gasteiger partial charge in [0.1, 0.15) is 0 Å². The van der Waals surface area contributed by atoms with E-state index in [1.54, 1.807) is 6.07 Å². The smallest absolute Gasteiger partial charge is 0.168 e. The standard InChI is InChI=1S/C18H20O4/c1-12(2)15-8-14(16(9-19)18(21)17(15)20)11-22-10-13-6-4-3-5-7-13/h3-9,12,20-21H,10-11H2,1-2H3. The van der Waals surface area contributed by atoms with Gasteiger partial charge in [-0.3, -0.25) is 4.79 Å². The summed E-state index contributed by atoms with van der Waals surface area (Å²) in [6.07, 6.45) is 0.542. The number of carbonyl (C=O) groups excluding carboxylic acids is 1. The molecule has 2 aromatic rings. The number of aromatic hydroxyl groups is 2. The SMILES string of the molecule is CC(C)c1cc(COCc2ccccc2)c(C=O)c(O)c1O. The molecule has 0 fully saturated rings. The third-order valence-electron chi connectivity index (χ3n) is 3.54. The summed E-state index contributed by atoms with van der Waals surface area (Å²) < 4.78 is 5.63. The molecular weight excluding hydrogens is 280 g/mol. The molecule has 0 amide bonds. The molecule has 2 N–H and O–H groups in total. The van der Waals surface area contributed by atoms with Crippen molar-refractivity contribution in [1.29, 1.82) is 0 Å². The van der Waals surface area contributed by atoms with Crippen molar-refractivity contribution >= 4 is 6.29 Å². The van der Waals surface area contributed by atoms with Crippen molar-refractivity contribution in [3.8, 4) is 11.5 Å². The van der Waals surface area contributed by atoms with Gasteiger partial charge in [0.15, 0.2) is 17.8 Å². The molecule has 0 heterocycles. The Labute approximate surface area is 130 Å². The van der Waals surface area contributed by atoms with E-state index in [-0.39, 0.29) is 29.6 Å². The van der Waals surface area contributed by atoms with Crippen LogP contribution in [-0.4, -0.2) is 16.5 Å². The number of ether oxygens (including phenoxy) is 1. The molecule has 0 unspecified atom stereocenters. The number of hydrogen-bond acceptors (Lipinski definition) is 4. The van der Waals surface area contributed by atoms with Crippen LogP contribution in [0.15, 0.2) is 36.4 Å². The maximum Gasteiger partial charge on any atom is 0.168 e. The summed E-state index contributed by atoms with van der Waals surface area (Å²) in [7, 11) is 0. The van der Waals surface area contributed by atoms with Crippen LogP contribution in [0.3, 0.4) is 0 Å². The second-order valence-corrected chi connectivity index (χ2v) is 5.49. The number of phenolic OH excluding ortho intramolecular Hbond substituents is 2. The molecule has 0 aliphatic carbocycles. The Morgan fingerprint density at radius 3 is 2.36 bits per heavy atom. The minimum absolute atomic E-state index is 0.0273. The van der Waals surface area contributed by atoms with Crippen LogP contribution in [0.1, 0.15) is 46.8 Å². The largest absolute Gasteiger partial charge is 0.504 e. The van der Waals surface area contributed by atoms with E-state index in [4.69, 9.17) is 4.74 Å². The Hall–Kier alpha value is -2.33. The average molecular weight is 300 g/mol. The Balaban J connectivity index is 2.20. The Bertz CT molecular complexity index is 648. The minimum atomic E-state index is -0.375. The van der Waals surface area contributed by atoms with Gasteiger partial charge in [0.25, 0.3) is 0 Å². The molecule has 4 nitrogen and oxygen atoms in total. The molecule has 22 heavy (non-hydrogen) atoms. The van der Waals surface area contributed by atoms with Gasteiger partial charge in [0, 0.05) is 5.56 Å². The predicted octanol–water partition coefficient (Wildman–Crippen LogP) is 3.75. The van der Waals surface area contributed by atoms with Gasteiger partial charge in [-0.25, -0.2) is 0 Å². The highest BCUT2D eigenvalue weighted by Crippen LogP contribution is 2.38. The maximum absolute atomic E-state index is 11.2. The number of benzene rings is 2. The Morgan fingerprint density at radius 1 is 1.09 bits per heavy atom. The van der Waals surface area contributed by atoms with Crippen LogP contribution in [0.4, 0.5) is 0 Å². The van der Waals surface area contributed by atoms with Crippen LogP contribution < -0.4 is 0 Å². The number of rotatable bonds is 6. The van der Waals surface area contributed by atoms with E-state index in [9.17, 15) is 15.0 Å². The van der Waals surface area contributed by atoms with Crippen LogP contribution in [0, 0.1) is 0 Å². The van der Waals surface area contributed by atoms with Gasteiger partial charge in [-0.05, 0) is 23.1 Å². The topological polar surface area (TPSA) is 66.8 Å². The highest BCUT2D eigenvalue weighted by molar-refractivity contribution is 5.84. The summed E-state index contributed by atoms with van der Waals surface area (Å²) in [6.45, 7) is 4.42. The monoisotopic (exact) mass is 300 g/mol. The molecule has 2 aromatic carbocycles. The van der Waals surface area contributed by atoms with Crippen molar-refractivity contribution in [2.45, 2.75) is 33.0 Å². The lowest BCUT2D eigenvalue weighted by Gasteiger charge is -2.15. The summed E-state index contributed by atoms with van der Waals surface area (Å²) in [5.74, 6) is -0.581. The van der Waals surface area contributed by atoms with Crippen molar-refractivity contribution in [3.63, 3.8) is 0 Å². The highest BCUT2D eigenvalue weighted by Gasteiger charge is 2.18. The van der Waals surface area contributed by atoms with E-state index in [0.717, 1.165) is 5.56 Å². The van der Waals surface area contributed by atoms with Crippen molar-refractivity contribution in [2.75, 3.05) is 0 Å². The zero-order valence-corrected chi connectivity index (χ0v) is 12.7.